The van der Waals surface area contributed by atoms with E-state index in [-0.39, 0.29) is 31.0 Å². The second kappa shape index (κ2) is 6.04. The number of likely N-dealkylation sites (tertiary alicyclic amines) is 1. The molecule has 6 nitrogen and oxygen atoms in total. The molecule has 2 atom stereocenters. The van der Waals surface area contributed by atoms with Gasteiger partial charge in [-0.1, -0.05) is 5.21 Å². The molecular formula is C16H14F4N4O2. The number of hydrogen-bond acceptors (Lipinski definition) is 4. The van der Waals surface area contributed by atoms with Gasteiger partial charge in [-0.3, -0.25) is 4.79 Å². The Morgan fingerprint density at radius 1 is 1.12 bits per heavy atom. The summed E-state index contributed by atoms with van der Waals surface area (Å²) in [7, 11) is 0. The Labute approximate surface area is 145 Å². The van der Waals surface area contributed by atoms with Gasteiger partial charge in [0.05, 0.1) is 17.9 Å². The maximum atomic E-state index is 13.6. The molecule has 2 aromatic rings. The first-order valence-electron chi connectivity index (χ1n) is 8.06. The van der Waals surface area contributed by atoms with E-state index in [0.717, 1.165) is 37.1 Å². The van der Waals surface area contributed by atoms with Crippen LogP contribution in [0.15, 0.2) is 24.3 Å². The maximum Gasteiger partial charge on any atom is 0.435 e. The highest BCUT2D eigenvalue weighted by atomic mass is 19.4. The van der Waals surface area contributed by atoms with Crippen molar-refractivity contribution in [3.63, 3.8) is 0 Å². The second-order valence-corrected chi connectivity index (χ2v) is 6.34. The Hall–Kier alpha value is -2.49. The van der Waals surface area contributed by atoms with Gasteiger partial charge in [-0.05, 0) is 37.1 Å². The van der Waals surface area contributed by atoms with E-state index in [1.807, 2.05) is 0 Å². The van der Waals surface area contributed by atoms with Crippen molar-refractivity contribution in [2.24, 2.45) is 0 Å². The zero-order valence-electron chi connectivity index (χ0n) is 13.4. The van der Waals surface area contributed by atoms with Crippen molar-refractivity contribution in [2.45, 2.75) is 31.2 Å². The molecule has 0 aliphatic carbocycles. The number of rotatable bonds is 2. The molecule has 2 saturated heterocycles. The van der Waals surface area contributed by atoms with Crippen LogP contribution in [0.3, 0.4) is 0 Å². The number of aromatic nitrogens is 3. The first kappa shape index (κ1) is 17.0. The van der Waals surface area contributed by atoms with Gasteiger partial charge in [0, 0.05) is 13.1 Å². The van der Waals surface area contributed by atoms with E-state index in [4.69, 9.17) is 4.74 Å². The zero-order chi connectivity index (χ0) is 18.5. The van der Waals surface area contributed by atoms with Gasteiger partial charge in [0.15, 0.2) is 11.4 Å². The fourth-order valence-electron chi connectivity index (χ4n) is 3.37. The zero-order valence-corrected chi connectivity index (χ0v) is 13.4. The van der Waals surface area contributed by atoms with Gasteiger partial charge in [-0.15, -0.1) is 5.10 Å². The lowest BCUT2D eigenvalue weighted by Crippen LogP contribution is -2.46. The fourth-order valence-corrected chi connectivity index (χ4v) is 3.37. The van der Waals surface area contributed by atoms with E-state index in [1.165, 1.54) is 4.90 Å². The topological polar surface area (TPSA) is 60.2 Å². The van der Waals surface area contributed by atoms with Gasteiger partial charge in [-0.25, -0.2) is 9.07 Å². The average molecular weight is 370 g/mol. The summed E-state index contributed by atoms with van der Waals surface area (Å²) in [6.45, 7) is 0.464. The third kappa shape index (κ3) is 2.94. The molecule has 4 rings (SSSR count). The normalized spacial score (nSPS) is 22.7. The predicted molar refractivity (Wildman–Crippen MR) is 80.1 cm³/mol. The molecule has 0 spiro atoms. The lowest BCUT2D eigenvalue weighted by Gasteiger charge is -2.31. The molecule has 26 heavy (non-hydrogen) atoms. The number of alkyl halides is 3. The molecule has 0 saturated carbocycles. The molecule has 2 aliphatic rings. The van der Waals surface area contributed by atoms with Crippen LogP contribution in [0, 0.1) is 5.82 Å². The molecule has 2 aliphatic heterocycles. The summed E-state index contributed by atoms with van der Waals surface area (Å²) in [5.41, 5.74) is -2.07. The van der Waals surface area contributed by atoms with Crippen molar-refractivity contribution < 1.29 is 27.1 Å². The van der Waals surface area contributed by atoms with Crippen LogP contribution in [0.2, 0.25) is 0 Å². The number of fused-ring (bicyclic) bond motifs is 2. The van der Waals surface area contributed by atoms with E-state index in [0.29, 0.717) is 4.68 Å². The van der Waals surface area contributed by atoms with Crippen molar-refractivity contribution in [2.75, 3.05) is 13.1 Å². The minimum absolute atomic E-state index is 0.0349. The molecule has 2 bridgehead atoms. The number of amides is 1. The van der Waals surface area contributed by atoms with Crippen LogP contribution < -0.4 is 0 Å². The smallest absolute Gasteiger partial charge is 0.371 e. The predicted octanol–water partition coefficient (Wildman–Crippen LogP) is 2.43. The number of hydrogen-bond donors (Lipinski definition) is 0. The molecule has 0 N–H and O–H groups in total. The summed E-state index contributed by atoms with van der Waals surface area (Å²) >= 11 is 0. The Balaban J connectivity index is 1.72. The summed E-state index contributed by atoms with van der Waals surface area (Å²) in [5, 5.41) is 6.99. The van der Waals surface area contributed by atoms with E-state index in [9.17, 15) is 22.4 Å². The monoisotopic (exact) mass is 370 g/mol. The van der Waals surface area contributed by atoms with Crippen LogP contribution in [0.4, 0.5) is 17.6 Å². The highest BCUT2D eigenvalue weighted by Gasteiger charge is 2.44. The number of benzene rings is 1. The summed E-state index contributed by atoms with van der Waals surface area (Å²) in [4.78, 5) is 14.0. The summed E-state index contributed by atoms with van der Waals surface area (Å²) in [6.07, 6.45) is -3.60. The van der Waals surface area contributed by atoms with Crippen LogP contribution in [0.5, 0.6) is 0 Å². The Kier molecular flexibility index (Phi) is 3.94. The number of nitrogens with zero attached hydrogens (tertiary/aromatic N) is 4. The highest BCUT2D eigenvalue weighted by molar-refractivity contribution is 5.93. The lowest BCUT2D eigenvalue weighted by molar-refractivity contribution is -0.143. The maximum absolute atomic E-state index is 13.6. The molecule has 1 aromatic heterocycles. The Morgan fingerprint density at radius 3 is 2.31 bits per heavy atom. The lowest BCUT2D eigenvalue weighted by atomic mass is 10.2. The molecule has 3 heterocycles. The Bertz CT molecular complexity index is 822. The number of carbonyl (C=O) groups excluding carboxylic acids is 1. The van der Waals surface area contributed by atoms with Crippen molar-refractivity contribution in [3.05, 3.63) is 41.5 Å². The van der Waals surface area contributed by atoms with E-state index in [2.05, 4.69) is 10.3 Å². The number of morpholine rings is 1. The molecule has 2 fully saturated rings. The molecule has 1 aromatic carbocycles. The summed E-state index contributed by atoms with van der Waals surface area (Å²) in [6, 6.07) is 4.31. The van der Waals surface area contributed by atoms with Gasteiger partial charge in [0.2, 0.25) is 0 Å². The van der Waals surface area contributed by atoms with Gasteiger partial charge in [-0.2, -0.15) is 13.2 Å². The van der Waals surface area contributed by atoms with Gasteiger partial charge in [0.25, 0.3) is 5.91 Å². The van der Waals surface area contributed by atoms with Crippen molar-refractivity contribution in [3.8, 4) is 5.69 Å². The van der Waals surface area contributed by atoms with Crippen LogP contribution in [-0.4, -0.2) is 51.1 Å². The minimum atomic E-state index is -4.85. The largest absolute Gasteiger partial charge is 0.435 e. The average Bonchev–Trinajstić information content (AvgIpc) is 3.18. The SMILES string of the molecule is O=C(c1nnn(-c2ccc(F)cc2)c1C(F)(F)F)N1CC2CCC(C1)O2. The summed E-state index contributed by atoms with van der Waals surface area (Å²) in [5.74, 6) is -1.42. The quantitative estimate of drug-likeness (QED) is 0.762. The Morgan fingerprint density at radius 2 is 1.73 bits per heavy atom. The van der Waals surface area contributed by atoms with Crippen LogP contribution in [0.25, 0.3) is 5.69 Å². The first-order valence-corrected chi connectivity index (χ1v) is 8.06. The van der Waals surface area contributed by atoms with Gasteiger partial charge >= 0.3 is 6.18 Å². The van der Waals surface area contributed by atoms with E-state index >= 15 is 0 Å². The number of halogens is 4. The third-order valence-corrected chi connectivity index (χ3v) is 4.54. The van der Waals surface area contributed by atoms with Crippen LogP contribution in [0.1, 0.15) is 29.0 Å². The molecular weight excluding hydrogens is 356 g/mol. The summed E-state index contributed by atoms with van der Waals surface area (Å²) < 4.78 is 60.1. The molecule has 1 amide bonds. The molecule has 10 heteroatoms. The first-order chi connectivity index (χ1) is 12.3. The van der Waals surface area contributed by atoms with Crippen molar-refractivity contribution in [1.82, 2.24) is 19.9 Å². The number of ether oxygens (including phenoxy) is 1. The molecule has 2 unspecified atom stereocenters. The molecule has 0 radical (unpaired) electrons. The van der Waals surface area contributed by atoms with Crippen LogP contribution in [-0.2, 0) is 10.9 Å². The highest BCUT2D eigenvalue weighted by Crippen LogP contribution is 2.34. The number of carbonyl (C=O) groups is 1. The van der Waals surface area contributed by atoms with E-state index < -0.39 is 29.3 Å². The second-order valence-electron chi connectivity index (χ2n) is 6.34. The van der Waals surface area contributed by atoms with Crippen molar-refractivity contribution >= 4 is 5.91 Å². The van der Waals surface area contributed by atoms with Crippen molar-refractivity contribution in [1.29, 1.82) is 0 Å². The van der Waals surface area contributed by atoms with Crippen LogP contribution >= 0.6 is 0 Å². The molecule has 138 valence electrons. The van der Waals surface area contributed by atoms with Gasteiger partial charge in [0.1, 0.15) is 5.82 Å². The standard InChI is InChI=1S/C16H14F4N4O2/c17-9-1-3-10(4-2-9)24-14(16(18,19)20)13(21-22-24)15(25)23-7-11-5-6-12(8-23)26-11/h1-4,11-12H,5-8H2. The minimum Gasteiger partial charge on any atom is -0.371 e. The van der Waals surface area contributed by atoms with Gasteiger partial charge < -0.3 is 9.64 Å². The third-order valence-electron chi connectivity index (χ3n) is 4.54. The van der Waals surface area contributed by atoms with E-state index in [1.54, 1.807) is 0 Å². The fraction of sp³-hybridized carbons (Fsp3) is 0.438.